The normalized spacial score (nSPS) is 15.6. The quantitative estimate of drug-likeness (QED) is 0.626. The molecule has 0 bridgehead atoms. The number of aromatic nitrogens is 3. The lowest BCUT2D eigenvalue weighted by molar-refractivity contribution is 0.412. The Morgan fingerprint density at radius 2 is 2.15 bits per heavy atom. The lowest BCUT2D eigenvalue weighted by Gasteiger charge is -2.33. The molecule has 1 aliphatic heterocycles. The molecule has 0 aromatic carbocycles. The van der Waals surface area contributed by atoms with Gasteiger partial charge in [-0.05, 0) is 61.7 Å². The monoisotopic (exact) mass is 401 g/mol. The van der Waals surface area contributed by atoms with Crippen LogP contribution in [-0.2, 0) is 6.42 Å². The molecule has 142 valence electrons. The number of thiophene rings is 1. The van der Waals surface area contributed by atoms with Crippen LogP contribution in [0, 0.1) is 6.92 Å². The van der Waals surface area contributed by atoms with Crippen molar-refractivity contribution in [3.8, 4) is 0 Å². The molecule has 0 amide bonds. The van der Waals surface area contributed by atoms with Crippen LogP contribution in [-0.4, -0.2) is 40.6 Å². The summed E-state index contributed by atoms with van der Waals surface area (Å²) in [5.74, 6) is 1.10. The highest BCUT2D eigenvalue weighted by molar-refractivity contribution is 7.18. The molecule has 7 heteroatoms. The minimum atomic E-state index is 0.580. The summed E-state index contributed by atoms with van der Waals surface area (Å²) >= 11 is 7.92. The molecular formula is C20H24ClN5S. The summed E-state index contributed by atoms with van der Waals surface area (Å²) in [7, 11) is 0. The fraction of sp³-hybridized carbons (Fsp3) is 0.450. The molecule has 0 spiro atoms. The Labute approximate surface area is 168 Å². The van der Waals surface area contributed by atoms with Gasteiger partial charge in [-0.2, -0.15) is 0 Å². The molecule has 0 radical (unpaired) electrons. The van der Waals surface area contributed by atoms with Gasteiger partial charge in [0.15, 0.2) is 0 Å². The zero-order valence-electron chi connectivity index (χ0n) is 15.5. The van der Waals surface area contributed by atoms with E-state index < -0.39 is 0 Å². The van der Waals surface area contributed by atoms with Crippen LogP contribution in [0.15, 0.2) is 30.2 Å². The largest absolute Gasteiger partial charge is 0.355 e. The number of rotatable bonds is 6. The third-order valence-corrected chi connectivity index (χ3v) is 6.64. The fourth-order valence-electron chi connectivity index (χ4n) is 3.67. The Kier molecular flexibility index (Phi) is 5.86. The number of halogens is 1. The maximum Gasteiger partial charge on any atom is 0.150 e. The number of hydrogen-bond donors (Lipinski definition) is 1. The van der Waals surface area contributed by atoms with Crippen LogP contribution >= 0.6 is 22.9 Å². The molecule has 4 heterocycles. The molecule has 0 atom stereocenters. The van der Waals surface area contributed by atoms with Gasteiger partial charge in [0.05, 0.1) is 15.2 Å². The first kappa shape index (κ1) is 18.6. The van der Waals surface area contributed by atoms with Crippen LogP contribution in [0.5, 0.6) is 0 Å². The number of anilines is 1. The fourth-order valence-corrected chi connectivity index (χ4v) is 4.90. The molecule has 1 saturated heterocycles. The predicted molar refractivity (Wildman–Crippen MR) is 113 cm³/mol. The van der Waals surface area contributed by atoms with E-state index in [4.69, 9.17) is 11.6 Å². The van der Waals surface area contributed by atoms with Gasteiger partial charge in [-0.3, -0.25) is 4.98 Å². The average Bonchev–Trinajstić information content (AvgIpc) is 3.08. The van der Waals surface area contributed by atoms with E-state index in [2.05, 4.69) is 37.5 Å². The zero-order chi connectivity index (χ0) is 18.6. The molecule has 0 saturated carbocycles. The van der Waals surface area contributed by atoms with Crippen molar-refractivity contribution < 1.29 is 0 Å². The SMILES string of the molecule is Cc1csc2c(N3CCC(NCCCc4ccncc4Cl)CC3)ncnc12. The standard InChI is InChI=1S/C20H24ClN5S/c1-14-12-27-19-18(14)24-13-25-20(19)26-9-5-16(6-10-26)23-7-2-3-15-4-8-22-11-17(15)21/h4,8,11-13,16,23H,2-3,5-7,9-10H2,1H3. The molecule has 3 aromatic heterocycles. The third-order valence-electron chi connectivity index (χ3n) is 5.22. The van der Waals surface area contributed by atoms with E-state index in [0.29, 0.717) is 6.04 Å². The Balaban J connectivity index is 1.26. The van der Waals surface area contributed by atoms with Gasteiger partial charge >= 0.3 is 0 Å². The Morgan fingerprint density at radius 1 is 1.30 bits per heavy atom. The molecule has 4 rings (SSSR count). The smallest absolute Gasteiger partial charge is 0.150 e. The minimum absolute atomic E-state index is 0.580. The number of nitrogens with zero attached hydrogens (tertiary/aromatic N) is 4. The maximum atomic E-state index is 6.17. The molecule has 0 unspecified atom stereocenters. The van der Waals surface area contributed by atoms with Gasteiger partial charge in [-0.15, -0.1) is 11.3 Å². The Morgan fingerprint density at radius 3 is 2.96 bits per heavy atom. The number of pyridine rings is 1. The second-order valence-corrected chi connectivity index (χ2v) is 8.37. The van der Waals surface area contributed by atoms with Crippen molar-refractivity contribution in [3.63, 3.8) is 0 Å². The van der Waals surface area contributed by atoms with E-state index in [1.807, 2.05) is 12.3 Å². The highest BCUT2D eigenvalue weighted by Gasteiger charge is 2.22. The highest BCUT2D eigenvalue weighted by Crippen LogP contribution is 2.32. The average molecular weight is 402 g/mol. The number of piperidine rings is 1. The summed E-state index contributed by atoms with van der Waals surface area (Å²) in [4.78, 5) is 15.5. The highest BCUT2D eigenvalue weighted by atomic mass is 35.5. The van der Waals surface area contributed by atoms with E-state index in [-0.39, 0.29) is 0 Å². The van der Waals surface area contributed by atoms with Crippen LogP contribution in [0.4, 0.5) is 5.82 Å². The lowest BCUT2D eigenvalue weighted by atomic mass is 10.0. The van der Waals surface area contributed by atoms with E-state index in [9.17, 15) is 0 Å². The molecular weight excluding hydrogens is 378 g/mol. The van der Waals surface area contributed by atoms with Gasteiger partial charge in [-0.25, -0.2) is 9.97 Å². The van der Waals surface area contributed by atoms with E-state index in [0.717, 1.165) is 61.7 Å². The van der Waals surface area contributed by atoms with Gasteiger partial charge in [0.25, 0.3) is 0 Å². The second-order valence-electron chi connectivity index (χ2n) is 7.08. The molecule has 1 N–H and O–H groups in total. The number of nitrogens with one attached hydrogen (secondary N) is 1. The summed E-state index contributed by atoms with van der Waals surface area (Å²) in [6.45, 7) is 5.21. The molecule has 3 aromatic rings. The van der Waals surface area contributed by atoms with E-state index in [1.165, 1.54) is 15.8 Å². The van der Waals surface area contributed by atoms with Crippen molar-refractivity contribution >= 4 is 39.0 Å². The van der Waals surface area contributed by atoms with Crippen molar-refractivity contribution in [2.75, 3.05) is 24.5 Å². The van der Waals surface area contributed by atoms with E-state index >= 15 is 0 Å². The molecule has 1 fully saturated rings. The zero-order valence-corrected chi connectivity index (χ0v) is 17.1. The summed E-state index contributed by atoms with van der Waals surface area (Å²) in [6, 6.07) is 2.59. The molecule has 0 aliphatic carbocycles. The van der Waals surface area contributed by atoms with Crippen LogP contribution in [0.1, 0.15) is 30.4 Å². The van der Waals surface area contributed by atoms with Gasteiger partial charge < -0.3 is 10.2 Å². The number of fused-ring (bicyclic) bond motifs is 1. The van der Waals surface area contributed by atoms with Crippen molar-refractivity contribution in [1.29, 1.82) is 0 Å². The Hall–Kier alpha value is -1.76. The van der Waals surface area contributed by atoms with Crippen LogP contribution < -0.4 is 10.2 Å². The number of hydrogen-bond acceptors (Lipinski definition) is 6. The summed E-state index contributed by atoms with van der Waals surface area (Å²) in [6.07, 6.45) is 9.60. The number of aryl methyl sites for hydroxylation is 2. The molecule has 1 aliphatic rings. The van der Waals surface area contributed by atoms with Gasteiger partial charge in [0, 0.05) is 31.5 Å². The maximum absolute atomic E-state index is 6.17. The third kappa shape index (κ3) is 4.23. The van der Waals surface area contributed by atoms with Crippen LogP contribution in [0.3, 0.4) is 0 Å². The molecule has 5 nitrogen and oxygen atoms in total. The minimum Gasteiger partial charge on any atom is -0.355 e. The summed E-state index contributed by atoms with van der Waals surface area (Å²) in [5.41, 5.74) is 3.52. The molecule has 27 heavy (non-hydrogen) atoms. The van der Waals surface area contributed by atoms with Crippen molar-refractivity contribution in [1.82, 2.24) is 20.3 Å². The van der Waals surface area contributed by atoms with Crippen molar-refractivity contribution in [3.05, 3.63) is 46.3 Å². The van der Waals surface area contributed by atoms with Crippen molar-refractivity contribution in [2.24, 2.45) is 0 Å². The predicted octanol–water partition coefficient (Wildman–Crippen LogP) is 4.24. The van der Waals surface area contributed by atoms with E-state index in [1.54, 1.807) is 23.9 Å². The summed E-state index contributed by atoms with van der Waals surface area (Å²) < 4.78 is 1.22. The Bertz CT molecular complexity index is 904. The topological polar surface area (TPSA) is 53.9 Å². The summed E-state index contributed by atoms with van der Waals surface area (Å²) in [5, 5.41) is 6.65. The lowest BCUT2D eigenvalue weighted by Crippen LogP contribution is -2.43. The first-order valence-electron chi connectivity index (χ1n) is 9.48. The van der Waals surface area contributed by atoms with Crippen LogP contribution in [0.25, 0.3) is 10.2 Å². The van der Waals surface area contributed by atoms with Gasteiger partial charge in [-0.1, -0.05) is 11.6 Å². The second kappa shape index (κ2) is 8.50. The van der Waals surface area contributed by atoms with Crippen LogP contribution in [0.2, 0.25) is 5.02 Å². The van der Waals surface area contributed by atoms with Gasteiger partial charge in [0.2, 0.25) is 0 Å². The first-order chi connectivity index (χ1) is 13.2. The van der Waals surface area contributed by atoms with Crippen molar-refractivity contribution in [2.45, 2.75) is 38.6 Å². The first-order valence-corrected chi connectivity index (χ1v) is 10.7. The van der Waals surface area contributed by atoms with Gasteiger partial charge in [0.1, 0.15) is 12.1 Å².